The third kappa shape index (κ3) is 5.28. The highest BCUT2D eigenvalue weighted by Crippen LogP contribution is 2.45. The molecule has 2 aliphatic rings. The number of rotatable bonds is 6. The SMILES string of the molecule is CC(=O)NNC(=O)N(CCNC(=O)NCC1C2=C(CCC=C2)c2ccccc21)c1ccccc1. The van der Waals surface area contributed by atoms with Gasteiger partial charge in [-0.1, -0.05) is 54.6 Å². The van der Waals surface area contributed by atoms with Crippen LogP contribution in [0.25, 0.3) is 5.57 Å². The Kier molecular flexibility index (Phi) is 7.27. The van der Waals surface area contributed by atoms with Crippen LogP contribution in [0, 0.1) is 0 Å². The van der Waals surface area contributed by atoms with Crippen molar-refractivity contribution >= 4 is 29.2 Å². The zero-order valence-electron chi connectivity index (χ0n) is 19.1. The Morgan fingerprint density at radius 1 is 0.971 bits per heavy atom. The van der Waals surface area contributed by atoms with Gasteiger partial charge in [0.1, 0.15) is 0 Å². The molecule has 8 heteroatoms. The lowest BCUT2D eigenvalue weighted by molar-refractivity contribution is -0.119. The number of hydrogen-bond acceptors (Lipinski definition) is 3. The molecule has 1 atom stereocenters. The van der Waals surface area contributed by atoms with Gasteiger partial charge >= 0.3 is 12.1 Å². The average Bonchev–Trinajstić information content (AvgIpc) is 3.18. The van der Waals surface area contributed by atoms with Crippen LogP contribution < -0.4 is 26.4 Å². The number of hydrogen-bond donors (Lipinski definition) is 4. The number of carbonyl (C=O) groups is 3. The Balaban J connectivity index is 1.32. The highest BCUT2D eigenvalue weighted by atomic mass is 16.2. The normalized spacial score (nSPS) is 15.7. The maximum Gasteiger partial charge on any atom is 0.340 e. The van der Waals surface area contributed by atoms with Gasteiger partial charge in [0, 0.05) is 38.2 Å². The topological polar surface area (TPSA) is 103 Å². The van der Waals surface area contributed by atoms with Gasteiger partial charge in [-0.05, 0) is 47.2 Å². The van der Waals surface area contributed by atoms with E-state index in [2.05, 4.69) is 51.8 Å². The molecule has 1 unspecified atom stereocenters. The Morgan fingerprint density at radius 3 is 2.53 bits per heavy atom. The molecular formula is C26H29N5O3. The molecule has 2 aliphatic carbocycles. The van der Waals surface area contributed by atoms with Gasteiger partial charge in [-0.2, -0.15) is 0 Å². The van der Waals surface area contributed by atoms with E-state index in [0.29, 0.717) is 12.2 Å². The molecule has 176 valence electrons. The molecule has 4 N–H and O–H groups in total. The molecule has 0 aliphatic heterocycles. The number of urea groups is 2. The van der Waals surface area contributed by atoms with Crippen LogP contribution in [0.5, 0.6) is 0 Å². The van der Waals surface area contributed by atoms with Gasteiger partial charge in [0.2, 0.25) is 5.91 Å². The molecule has 0 fully saturated rings. The van der Waals surface area contributed by atoms with Crippen molar-refractivity contribution in [3.63, 3.8) is 0 Å². The number of allylic oxidation sites excluding steroid dienone is 3. The summed E-state index contributed by atoms with van der Waals surface area (Å²) in [5.41, 5.74) is 10.5. The molecule has 0 saturated carbocycles. The van der Waals surface area contributed by atoms with E-state index in [4.69, 9.17) is 0 Å². The van der Waals surface area contributed by atoms with Crippen molar-refractivity contribution in [3.05, 3.63) is 83.4 Å². The average molecular weight is 460 g/mol. The number of para-hydroxylation sites is 1. The predicted octanol–water partition coefficient (Wildman–Crippen LogP) is 3.45. The van der Waals surface area contributed by atoms with Gasteiger partial charge < -0.3 is 10.6 Å². The van der Waals surface area contributed by atoms with Gasteiger partial charge in [0.05, 0.1) is 0 Å². The maximum absolute atomic E-state index is 12.5. The molecule has 0 bridgehead atoms. The van der Waals surface area contributed by atoms with E-state index in [9.17, 15) is 14.4 Å². The maximum atomic E-state index is 12.5. The predicted molar refractivity (Wildman–Crippen MR) is 132 cm³/mol. The minimum atomic E-state index is -0.491. The van der Waals surface area contributed by atoms with Crippen LogP contribution in [0.15, 0.2) is 72.3 Å². The van der Waals surface area contributed by atoms with Crippen LogP contribution in [-0.2, 0) is 4.79 Å². The van der Waals surface area contributed by atoms with Gasteiger partial charge in [-0.15, -0.1) is 0 Å². The van der Waals surface area contributed by atoms with Crippen molar-refractivity contribution in [2.45, 2.75) is 25.7 Å². The molecule has 5 amide bonds. The summed E-state index contributed by atoms with van der Waals surface area (Å²) in [4.78, 5) is 37.7. The molecule has 0 aromatic heterocycles. The van der Waals surface area contributed by atoms with Gasteiger partial charge in [0.15, 0.2) is 0 Å². The van der Waals surface area contributed by atoms with E-state index in [1.165, 1.54) is 34.1 Å². The van der Waals surface area contributed by atoms with Crippen LogP contribution in [0.1, 0.15) is 36.8 Å². The number of carbonyl (C=O) groups excluding carboxylic acids is 3. The number of nitrogens with one attached hydrogen (secondary N) is 4. The summed E-state index contributed by atoms with van der Waals surface area (Å²) in [5.74, 6) is -0.240. The largest absolute Gasteiger partial charge is 0.340 e. The fourth-order valence-electron chi connectivity index (χ4n) is 4.47. The molecule has 2 aromatic rings. The van der Waals surface area contributed by atoms with Crippen molar-refractivity contribution in [2.75, 3.05) is 24.5 Å². The highest BCUT2D eigenvalue weighted by molar-refractivity contribution is 5.93. The van der Waals surface area contributed by atoms with Crippen molar-refractivity contribution in [2.24, 2.45) is 0 Å². The van der Waals surface area contributed by atoms with Crippen molar-refractivity contribution in [1.29, 1.82) is 0 Å². The van der Waals surface area contributed by atoms with Crippen molar-refractivity contribution in [1.82, 2.24) is 21.5 Å². The molecule has 2 aromatic carbocycles. The van der Waals surface area contributed by atoms with Gasteiger partial charge in [-0.3, -0.25) is 15.1 Å². The Labute approximate surface area is 199 Å². The Hall–Kier alpha value is -4.07. The van der Waals surface area contributed by atoms with E-state index >= 15 is 0 Å². The van der Waals surface area contributed by atoms with E-state index in [-0.39, 0.29) is 30.9 Å². The summed E-state index contributed by atoms with van der Waals surface area (Å²) in [5, 5.41) is 5.82. The van der Waals surface area contributed by atoms with Crippen LogP contribution in [0.3, 0.4) is 0 Å². The van der Waals surface area contributed by atoms with Gasteiger partial charge in [0.25, 0.3) is 0 Å². The fraction of sp³-hybridized carbons (Fsp3) is 0.269. The second-order valence-electron chi connectivity index (χ2n) is 8.25. The molecule has 0 heterocycles. The zero-order chi connectivity index (χ0) is 23.9. The first-order valence-electron chi connectivity index (χ1n) is 11.4. The molecular weight excluding hydrogens is 430 g/mol. The number of hydrazine groups is 1. The summed E-state index contributed by atoms with van der Waals surface area (Å²) in [6.45, 7) is 2.28. The van der Waals surface area contributed by atoms with E-state index in [1.54, 1.807) is 12.1 Å². The van der Waals surface area contributed by atoms with Crippen LogP contribution in [0.2, 0.25) is 0 Å². The number of benzene rings is 2. The Morgan fingerprint density at radius 2 is 1.74 bits per heavy atom. The van der Waals surface area contributed by atoms with Crippen LogP contribution >= 0.6 is 0 Å². The smallest absolute Gasteiger partial charge is 0.337 e. The third-order valence-electron chi connectivity index (χ3n) is 5.99. The molecule has 4 rings (SSSR count). The van der Waals surface area contributed by atoms with Crippen molar-refractivity contribution in [3.8, 4) is 0 Å². The molecule has 0 saturated heterocycles. The minimum absolute atomic E-state index is 0.137. The van der Waals surface area contributed by atoms with Crippen LogP contribution in [-0.4, -0.2) is 37.6 Å². The summed E-state index contributed by atoms with van der Waals surface area (Å²) in [7, 11) is 0. The highest BCUT2D eigenvalue weighted by Gasteiger charge is 2.30. The first kappa shape index (κ1) is 23.1. The van der Waals surface area contributed by atoms with Gasteiger partial charge in [-0.25, -0.2) is 15.0 Å². The van der Waals surface area contributed by atoms with Crippen LogP contribution in [0.4, 0.5) is 15.3 Å². The number of fused-ring (bicyclic) bond motifs is 2. The standard InChI is InChI=1S/C26H29N5O3/c1-18(32)29-30-26(34)31(19-9-3-2-4-10-19)16-15-27-25(33)28-17-24-22-13-7-5-11-20(22)21-12-6-8-14-23(21)24/h2-5,7-11,13-14,24H,6,12,15-17H2,1H3,(H,29,32)(H,30,34)(H2,27,28,33). The lowest BCUT2D eigenvalue weighted by atomic mass is 9.93. The lowest BCUT2D eigenvalue weighted by Crippen LogP contribution is -2.50. The molecule has 34 heavy (non-hydrogen) atoms. The zero-order valence-corrected chi connectivity index (χ0v) is 19.1. The Bertz CT molecular complexity index is 1130. The second kappa shape index (κ2) is 10.7. The van der Waals surface area contributed by atoms with E-state index < -0.39 is 6.03 Å². The first-order chi connectivity index (χ1) is 16.5. The summed E-state index contributed by atoms with van der Waals surface area (Å²) in [6, 6.07) is 16.7. The minimum Gasteiger partial charge on any atom is -0.337 e. The molecule has 8 nitrogen and oxygen atoms in total. The fourth-order valence-corrected chi connectivity index (χ4v) is 4.47. The second-order valence-corrected chi connectivity index (χ2v) is 8.25. The summed E-state index contributed by atoms with van der Waals surface area (Å²) >= 11 is 0. The molecule has 0 spiro atoms. The van der Waals surface area contributed by atoms with E-state index in [0.717, 1.165) is 12.8 Å². The lowest BCUT2D eigenvalue weighted by Gasteiger charge is -2.23. The summed E-state index contributed by atoms with van der Waals surface area (Å²) in [6.07, 6.45) is 6.46. The monoisotopic (exact) mass is 459 g/mol. The number of amides is 5. The number of nitrogens with zero attached hydrogens (tertiary/aromatic N) is 1. The first-order valence-corrected chi connectivity index (χ1v) is 11.4. The quantitative estimate of drug-likeness (QED) is 0.498. The number of anilines is 1. The summed E-state index contributed by atoms with van der Waals surface area (Å²) < 4.78 is 0. The van der Waals surface area contributed by atoms with E-state index in [1.807, 2.05) is 24.3 Å². The van der Waals surface area contributed by atoms with Crippen molar-refractivity contribution < 1.29 is 14.4 Å². The third-order valence-corrected chi connectivity index (χ3v) is 5.99. The molecule has 0 radical (unpaired) electrons.